The summed E-state index contributed by atoms with van der Waals surface area (Å²) in [5.41, 5.74) is 2.37. The number of hydrogen-bond donors (Lipinski definition) is 1. The third kappa shape index (κ3) is 4.71. The molecule has 1 aliphatic rings. The molecule has 120 valence electrons. The minimum absolute atomic E-state index is 0.563. The second-order valence-corrected chi connectivity index (χ2v) is 6.60. The Labute approximate surface area is 147 Å². The molecular formula is C18H20Cl2N3+. The van der Waals surface area contributed by atoms with Gasteiger partial charge in [-0.1, -0.05) is 59.6 Å². The minimum Gasteiger partial charge on any atom is -0.328 e. The Bertz CT molecular complexity index is 665. The molecule has 0 aliphatic carbocycles. The van der Waals surface area contributed by atoms with Crippen LogP contribution in [-0.2, 0) is 6.54 Å². The number of piperazine rings is 1. The van der Waals surface area contributed by atoms with E-state index < -0.39 is 0 Å². The molecule has 3 rings (SSSR count). The van der Waals surface area contributed by atoms with Crippen LogP contribution < -0.4 is 4.90 Å². The lowest BCUT2D eigenvalue weighted by Gasteiger charge is -2.30. The molecule has 1 N–H and O–H groups in total. The Hall–Kier alpha value is -1.55. The summed E-state index contributed by atoms with van der Waals surface area (Å²) in [5, 5.41) is 7.81. The molecule has 1 heterocycles. The van der Waals surface area contributed by atoms with E-state index in [1.165, 1.54) is 5.56 Å². The summed E-state index contributed by atoms with van der Waals surface area (Å²) in [5.74, 6) is 0. The van der Waals surface area contributed by atoms with E-state index in [0.29, 0.717) is 10.0 Å². The van der Waals surface area contributed by atoms with Crippen molar-refractivity contribution in [3.63, 3.8) is 0 Å². The van der Waals surface area contributed by atoms with E-state index >= 15 is 0 Å². The van der Waals surface area contributed by atoms with E-state index in [-0.39, 0.29) is 0 Å². The summed E-state index contributed by atoms with van der Waals surface area (Å²) in [6, 6.07) is 16.2. The van der Waals surface area contributed by atoms with Crippen molar-refractivity contribution in [1.82, 2.24) is 5.01 Å². The van der Waals surface area contributed by atoms with Crippen molar-refractivity contribution < 1.29 is 4.90 Å². The molecule has 23 heavy (non-hydrogen) atoms. The molecule has 1 saturated heterocycles. The van der Waals surface area contributed by atoms with Crippen LogP contribution in [0.2, 0.25) is 10.0 Å². The van der Waals surface area contributed by atoms with E-state index in [9.17, 15) is 0 Å². The Kier molecular flexibility index (Phi) is 5.55. The summed E-state index contributed by atoms with van der Waals surface area (Å²) < 4.78 is 0. The largest absolute Gasteiger partial charge is 0.328 e. The molecule has 0 saturated carbocycles. The zero-order valence-electron chi connectivity index (χ0n) is 12.9. The van der Waals surface area contributed by atoms with Gasteiger partial charge in [0.15, 0.2) is 0 Å². The molecule has 1 fully saturated rings. The summed E-state index contributed by atoms with van der Waals surface area (Å²) in [7, 11) is 0. The van der Waals surface area contributed by atoms with E-state index in [1.807, 2.05) is 18.3 Å². The number of rotatable bonds is 4. The number of benzene rings is 2. The minimum atomic E-state index is 0.563. The Morgan fingerprint density at radius 3 is 2.43 bits per heavy atom. The molecule has 0 amide bonds. The molecule has 1 aliphatic heterocycles. The quantitative estimate of drug-likeness (QED) is 0.842. The zero-order valence-corrected chi connectivity index (χ0v) is 14.4. The number of hydrogen-bond acceptors (Lipinski definition) is 2. The number of nitrogens with one attached hydrogen (secondary N) is 1. The average Bonchev–Trinajstić information content (AvgIpc) is 2.58. The predicted octanol–water partition coefficient (Wildman–Crippen LogP) is 2.73. The molecule has 3 nitrogen and oxygen atoms in total. The van der Waals surface area contributed by atoms with Gasteiger partial charge in [0.25, 0.3) is 0 Å². The Balaban J connectivity index is 1.50. The third-order valence-corrected chi connectivity index (χ3v) is 4.80. The number of quaternary nitrogens is 1. The summed E-state index contributed by atoms with van der Waals surface area (Å²) >= 11 is 11.9. The molecule has 0 radical (unpaired) electrons. The first kappa shape index (κ1) is 16.3. The maximum absolute atomic E-state index is 6.02. The average molecular weight is 349 g/mol. The van der Waals surface area contributed by atoms with E-state index in [4.69, 9.17) is 23.2 Å². The van der Waals surface area contributed by atoms with Crippen molar-refractivity contribution in [3.05, 3.63) is 69.7 Å². The van der Waals surface area contributed by atoms with Crippen LogP contribution in [0.5, 0.6) is 0 Å². The molecule has 5 heteroatoms. The third-order valence-electron chi connectivity index (χ3n) is 4.06. The van der Waals surface area contributed by atoms with Crippen molar-refractivity contribution in [2.75, 3.05) is 26.2 Å². The summed E-state index contributed by atoms with van der Waals surface area (Å²) in [6.45, 7) is 5.24. The van der Waals surface area contributed by atoms with Gasteiger partial charge in [-0.3, -0.25) is 5.01 Å². The molecule has 0 atom stereocenters. The van der Waals surface area contributed by atoms with Crippen LogP contribution in [0.1, 0.15) is 11.1 Å². The van der Waals surface area contributed by atoms with Gasteiger partial charge in [0.1, 0.15) is 6.54 Å². The van der Waals surface area contributed by atoms with Gasteiger partial charge in [-0.25, -0.2) is 0 Å². The summed E-state index contributed by atoms with van der Waals surface area (Å²) in [6.07, 6.45) is 1.85. The normalized spacial score (nSPS) is 16.2. The lowest BCUT2D eigenvalue weighted by Crippen LogP contribution is -3.13. The van der Waals surface area contributed by atoms with E-state index in [1.54, 1.807) is 11.0 Å². The first-order chi connectivity index (χ1) is 11.2. The Morgan fingerprint density at radius 2 is 1.74 bits per heavy atom. The standard InChI is InChI=1S/C18H19Cl2N3/c19-17-7-6-16(12-18(17)20)13-21-23-10-8-22(9-11-23)14-15-4-2-1-3-5-15/h1-7,12-13H,8-11,14H2/p+1/b21-13+. The number of hydrazone groups is 1. The highest BCUT2D eigenvalue weighted by molar-refractivity contribution is 6.42. The molecule has 0 unspecified atom stereocenters. The van der Waals surface area contributed by atoms with Gasteiger partial charge in [0, 0.05) is 5.56 Å². The lowest BCUT2D eigenvalue weighted by molar-refractivity contribution is -0.918. The van der Waals surface area contributed by atoms with Crippen molar-refractivity contribution in [3.8, 4) is 0 Å². The van der Waals surface area contributed by atoms with Crippen LogP contribution in [0.15, 0.2) is 53.6 Å². The van der Waals surface area contributed by atoms with Crippen molar-refractivity contribution in [2.24, 2.45) is 5.10 Å². The lowest BCUT2D eigenvalue weighted by atomic mass is 10.2. The molecule has 0 bridgehead atoms. The van der Waals surface area contributed by atoms with Gasteiger partial charge < -0.3 is 4.90 Å². The van der Waals surface area contributed by atoms with E-state index in [0.717, 1.165) is 38.3 Å². The van der Waals surface area contributed by atoms with Gasteiger partial charge in [-0.05, 0) is 17.7 Å². The fourth-order valence-corrected chi connectivity index (χ4v) is 3.04. The Morgan fingerprint density at radius 1 is 1.00 bits per heavy atom. The zero-order chi connectivity index (χ0) is 16.1. The molecule has 0 spiro atoms. The maximum atomic E-state index is 6.02. The number of halogens is 2. The van der Waals surface area contributed by atoms with Crippen LogP contribution in [0.3, 0.4) is 0 Å². The van der Waals surface area contributed by atoms with Crippen LogP contribution in [0.4, 0.5) is 0 Å². The number of nitrogens with zero attached hydrogens (tertiary/aromatic N) is 2. The van der Waals surface area contributed by atoms with Gasteiger partial charge in [-0.15, -0.1) is 0 Å². The topological polar surface area (TPSA) is 20.0 Å². The highest BCUT2D eigenvalue weighted by Gasteiger charge is 2.18. The second-order valence-electron chi connectivity index (χ2n) is 5.78. The molecule has 2 aromatic rings. The highest BCUT2D eigenvalue weighted by Crippen LogP contribution is 2.21. The van der Waals surface area contributed by atoms with Crippen LogP contribution >= 0.6 is 23.2 Å². The highest BCUT2D eigenvalue weighted by atomic mass is 35.5. The fourth-order valence-electron chi connectivity index (χ4n) is 2.73. The van der Waals surface area contributed by atoms with Crippen molar-refractivity contribution >= 4 is 29.4 Å². The molecular weight excluding hydrogens is 329 g/mol. The smallest absolute Gasteiger partial charge is 0.103 e. The van der Waals surface area contributed by atoms with Crippen LogP contribution in [0, 0.1) is 0 Å². The van der Waals surface area contributed by atoms with Gasteiger partial charge in [0.05, 0.1) is 42.4 Å². The fraction of sp³-hybridized carbons (Fsp3) is 0.278. The predicted molar refractivity (Wildman–Crippen MR) is 96.5 cm³/mol. The van der Waals surface area contributed by atoms with Crippen LogP contribution in [-0.4, -0.2) is 37.4 Å². The van der Waals surface area contributed by atoms with Crippen molar-refractivity contribution in [1.29, 1.82) is 0 Å². The van der Waals surface area contributed by atoms with Gasteiger partial charge in [0.2, 0.25) is 0 Å². The van der Waals surface area contributed by atoms with Crippen molar-refractivity contribution in [2.45, 2.75) is 6.54 Å². The maximum Gasteiger partial charge on any atom is 0.103 e. The first-order valence-electron chi connectivity index (χ1n) is 7.82. The second kappa shape index (κ2) is 7.82. The molecule has 0 aromatic heterocycles. The van der Waals surface area contributed by atoms with Gasteiger partial charge in [-0.2, -0.15) is 5.10 Å². The van der Waals surface area contributed by atoms with Crippen LogP contribution in [0.25, 0.3) is 0 Å². The van der Waals surface area contributed by atoms with Gasteiger partial charge >= 0.3 is 0 Å². The molecule has 2 aromatic carbocycles. The first-order valence-corrected chi connectivity index (χ1v) is 8.58. The van der Waals surface area contributed by atoms with E-state index in [2.05, 4.69) is 40.4 Å². The summed E-state index contributed by atoms with van der Waals surface area (Å²) in [4.78, 5) is 1.61. The monoisotopic (exact) mass is 348 g/mol. The SMILES string of the molecule is Clc1ccc(/C=N/N2CC[NH+](Cc3ccccc3)CC2)cc1Cl.